The van der Waals surface area contributed by atoms with E-state index in [1.807, 2.05) is 12.1 Å². The van der Waals surface area contributed by atoms with E-state index in [1.54, 1.807) is 17.0 Å². The number of piperidine rings is 1. The molecule has 2 atom stereocenters. The Hall–Kier alpha value is -1.79. The molecule has 3 rings (SSSR count). The number of nitrogens with zero attached hydrogens (tertiary/aromatic N) is 1. The minimum absolute atomic E-state index is 0. The van der Waals surface area contributed by atoms with Gasteiger partial charge in [-0.1, -0.05) is 26.0 Å². The lowest BCUT2D eigenvalue weighted by atomic mass is 9.79. The van der Waals surface area contributed by atoms with Crippen molar-refractivity contribution in [3.8, 4) is 5.75 Å². The van der Waals surface area contributed by atoms with Crippen molar-refractivity contribution >= 4 is 29.9 Å². The van der Waals surface area contributed by atoms with Crippen LogP contribution >= 0.6 is 12.4 Å². The summed E-state index contributed by atoms with van der Waals surface area (Å²) >= 11 is 0. The van der Waals surface area contributed by atoms with Gasteiger partial charge in [0.15, 0.2) is 6.10 Å². The van der Waals surface area contributed by atoms with Gasteiger partial charge in [-0.05, 0) is 24.0 Å². The molecule has 2 amide bonds. The number of likely N-dealkylation sites (tertiary alicyclic amines) is 1. The molecule has 2 heterocycles. The predicted molar refractivity (Wildman–Crippen MR) is 94.3 cm³/mol. The molecular weight excluding hydrogens is 330 g/mol. The van der Waals surface area contributed by atoms with Gasteiger partial charge in [-0.2, -0.15) is 0 Å². The number of rotatable bonds is 2. The molecule has 1 saturated heterocycles. The predicted octanol–water partition coefficient (Wildman–Crippen LogP) is 1.78. The van der Waals surface area contributed by atoms with Gasteiger partial charge < -0.3 is 20.7 Å². The molecule has 0 spiro atoms. The lowest BCUT2D eigenvalue weighted by Gasteiger charge is -2.43. The lowest BCUT2D eigenvalue weighted by molar-refractivity contribution is -0.139. The van der Waals surface area contributed by atoms with Gasteiger partial charge in [0.2, 0.25) is 5.91 Å². The Morgan fingerprint density at radius 1 is 1.42 bits per heavy atom. The van der Waals surface area contributed by atoms with E-state index >= 15 is 0 Å². The van der Waals surface area contributed by atoms with Crippen molar-refractivity contribution in [3.05, 3.63) is 24.3 Å². The van der Waals surface area contributed by atoms with Crippen LogP contribution in [0.25, 0.3) is 0 Å². The molecule has 0 saturated carbocycles. The van der Waals surface area contributed by atoms with E-state index in [9.17, 15) is 9.59 Å². The first-order chi connectivity index (χ1) is 10.9. The number of hydrogen-bond acceptors (Lipinski definition) is 4. The van der Waals surface area contributed by atoms with E-state index in [1.165, 1.54) is 0 Å². The minimum atomic E-state index is -0.781. The Morgan fingerprint density at radius 2 is 2.12 bits per heavy atom. The van der Waals surface area contributed by atoms with Crippen molar-refractivity contribution in [2.75, 3.05) is 18.4 Å². The van der Waals surface area contributed by atoms with E-state index in [-0.39, 0.29) is 42.1 Å². The normalized spacial score (nSPS) is 25.0. The maximum Gasteiger partial charge on any atom is 0.266 e. The summed E-state index contributed by atoms with van der Waals surface area (Å²) in [6.45, 7) is 5.38. The highest BCUT2D eigenvalue weighted by molar-refractivity contribution is 5.99. The number of fused-ring (bicyclic) bond motifs is 1. The zero-order valence-corrected chi connectivity index (χ0v) is 14.8. The number of ether oxygens (including phenoxy) is 1. The number of anilines is 1. The molecule has 7 heteroatoms. The largest absolute Gasteiger partial charge is 0.478 e. The average molecular weight is 354 g/mol. The highest BCUT2D eigenvalue weighted by Crippen LogP contribution is 2.31. The molecule has 0 aliphatic carbocycles. The monoisotopic (exact) mass is 353 g/mol. The minimum Gasteiger partial charge on any atom is -0.478 e. The number of amides is 2. The van der Waals surface area contributed by atoms with E-state index in [4.69, 9.17) is 10.5 Å². The SMILES string of the molecule is CC1(C)CN(C(=O)CC2Oc3ccccc3NC2=O)CCC1N.Cl. The number of para-hydroxylation sites is 2. The van der Waals surface area contributed by atoms with Gasteiger partial charge in [-0.15, -0.1) is 12.4 Å². The summed E-state index contributed by atoms with van der Waals surface area (Å²) in [4.78, 5) is 26.5. The second-order valence-electron chi connectivity index (χ2n) is 7.00. The van der Waals surface area contributed by atoms with Crippen LogP contribution in [-0.2, 0) is 9.59 Å². The Bertz CT molecular complexity index is 635. The molecule has 6 nitrogen and oxygen atoms in total. The maximum absolute atomic E-state index is 12.5. The Kier molecular flexibility index (Phi) is 5.40. The third kappa shape index (κ3) is 3.65. The molecule has 2 aliphatic rings. The number of carbonyl (C=O) groups excluding carboxylic acids is 2. The zero-order chi connectivity index (χ0) is 16.6. The highest BCUT2D eigenvalue weighted by atomic mass is 35.5. The number of carbonyl (C=O) groups is 2. The fraction of sp³-hybridized carbons (Fsp3) is 0.529. The standard InChI is InChI=1S/C17H23N3O3.ClH/c1-17(2)10-20(8-7-14(17)18)15(21)9-13-16(22)19-11-5-3-4-6-12(11)23-13;/h3-6,13-14H,7-10,18H2,1-2H3,(H,19,22);1H. The molecule has 1 fully saturated rings. The van der Waals surface area contributed by atoms with Crippen molar-refractivity contribution in [2.24, 2.45) is 11.1 Å². The van der Waals surface area contributed by atoms with E-state index in [0.717, 1.165) is 6.42 Å². The van der Waals surface area contributed by atoms with Crippen molar-refractivity contribution < 1.29 is 14.3 Å². The third-order valence-corrected chi connectivity index (χ3v) is 4.73. The summed E-state index contributed by atoms with van der Waals surface area (Å²) in [5, 5.41) is 2.79. The molecule has 3 N–H and O–H groups in total. The summed E-state index contributed by atoms with van der Waals surface area (Å²) in [5.74, 6) is 0.264. The second-order valence-corrected chi connectivity index (χ2v) is 7.00. The first-order valence-electron chi connectivity index (χ1n) is 7.97. The van der Waals surface area contributed by atoms with Crippen LogP contribution in [0.5, 0.6) is 5.75 Å². The van der Waals surface area contributed by atoms with E-state index in [2.05, 4.69) is 19.2 Å². The fourth-order valence-electron chi connectivity index (χ4n) is 3.10. The van der Waals surface area contributed by atoms with Crippen LogP contribution in [-0.4, -0.2) is 41.9 Å². The third-order valence-electron chi connectivity index (χ3n) is 4.73. The van der Waals surface area contributed by atoms with Gasteiger partial charge in [0.25, 0.3) is 5.91 Å². The first-order valence-corrected chi connectivity index (χ1v) is 7.97. The molecule has 0 aromatic heterocycles. The molecule has 2 aliphatic heterocycles. The van der Waals surface area contributed by atoms with E-state index < -0.39 is 6.10 Å². The van der Waals surface area contributed by atoms with Crippen molar-refractivity contribution in [2.45, 2.75) is 38.8 Å². The Balaban J connectivity index is 0.00000208. The van der Waals surface area contributed by atoms with Gasteiger partial charge in [0.05, 0.1) is 12.1 Å². The van der Waals surface area contributed by atoms with Crippen LogP contribution < -0.4 is 15.8 Å². The number of nitrogens with two attached hydrogens (primary N) is 1. The summed E-state index contributed by atoms with van der Waals surface area (Å²) in [6, 6.07) is 7.32. The van der Waals surface area contributed by atoms with Crippen LogP contribution in [0.1, 0.15) is 26.7 Å². The first kappa shape index (κ1) is 18.5. The van der Waals surface area contributed by atoms with Crippen LogP contribution in [0, 0.1) is 5.41 Å². The summed E-state index contributed by atoms with van der Waals surface area (Å²) in [6.07, 6.45) is 0.0428. The fourth-order valence-corrected chi connectivity index (χ4v) is 3.10. The number of nitrogens with one attached hydrogen (secondary N) is 1. The van der Waals surface area contributed by atoms with Gasteiger partial charge in [-0.25, -0.2) is 0 Å². The topological polar surface area (TPSA) is 84.7 Å². The smallest absolute Gasteiger partial charge is 0.266 e. The highest BCUT2D eigenvalue weighted by Gasteiger charge is 2.37. The van der Waals surface area contributed by atoms with Crippen LogP contribution in [0.4, 0.5) is 5.69 Å². The summed E-state index contributed by atoms with van der Waals surface area (Å²) < 4.78 is 5.69. The molecule has 24 heavy (non-hydrogen) atoms. The number of benzene rings is 1. The van der Waals surface area contributed by atoms with Gasteiger partial charge >= 0.3 is 0 Å². The van der Waals surface area contributed by atoms with Crippen molar-refractivity contribution in [1.29, 1.82) is 0 Å². The summed E-state index contributed by atoms with van der Waals surface area (Å²) in [7, 11) is 0. The Morgan fingerprint density at radius 3 is 2.83 bits per heavy atom. The molecule has 1 aromatic rings. The van der Waals surface area contributed by atoms with Crippen LogP contribution in [0.3, 0.4) is 0 Å². The van der Waals surface area contributed by atoms with E-state index in [0.29, 0.717) is 24.5 Å². The van der Waals surface area contributed by atoms with Gasteiger partial charge in [-0.3, -0.25) is 9.59 Å². The second kappa shape index (κ2) is 6.99. The summed E-state index contributed by atoms with van der Waals surface area (Å²) in [5.41, 5.74) is 6.64. The van der Waals surface area contributed by atoms with Gasteiger partial charge in [0, 0.05) is 19.1 Å². The zero-order valence-electron chi connectivity index (χ0n) is 14.0. The van der Waals surface area contributed by atoms with Crippen LogP contribution in [0.2, 0.25) is 0 Å². The average Bonchev–Trinajstić information content (AvgIpc) is 2.50. The molecule has 2 unspecified atom stereocenters. The molecular formula is C17H24ClN3O3. The van der Waals surface area contributed by atoms with Crippen molar-refractivity contribution in [3.63, 3.8) is 0 Å². The molecule has 0 radical (unpaired) electrons. The quantitative estimate of drug-likeness (QED) is 0.848. The number of hydrogen-bond donors (Lipinski definition) is 2. The van der Waals surface area contributed by atoms with Gasteiger partial charge in [0.1, 0.15) is 5.75 Å². The number of halogens is 1. The molecule has 132 valence electrons. The molecule has 1 aromatic carbocycles. The Labute approximate surface area is 148 Å². The van der Waals surface area contributed by atoms with Crippen LogP contribution in [0.15, 0.2) is 24.3 Å². The maximum atomic E-state index is 12.5. The van der Waals surface area contributed by atoms with Crippen molar-refractivity contribution in [1.82, 2.24) is 4.90 Å². The lowest BCUT2D eigenvalue weighted by Crippen LogP contribution is -2.54. The molecule has 0 bridgehead atoms.